The largest absolute Gasteiger partial charge is 0.497 e. The second-order valence-electron chi connectivity index (χ2n) is 7.19. The van der Waals surface area contributed by atoms with Crippen molar-refractivity contribution in [1.29, 1.82) is 0 Å². The number of nitrogens with zero attached hydrogens (tertiary/aromatic N) is 2. The molecule has 0 bridgehead atoms. The predicted octanol–water partition coefficient (Wildman–Crippen LogP) is 3.73. The number of aromatic nitrogens is 1. The first-order valence-corrected chi connectivity index (χ1v) is 12.4. The maximum atomic E-state index is 13.9. The van der Waals surface area contributed by atoms with E-state index in [1.807, 2.05) is 6.92 Å². The van der Waals surface area contributed by atoms with Gasteiger partial charge in [0, 0.05) is 17.7 Å². The molecule has 33 heavy (non-hydrogen) atoms. The zero-order valence-electron chi connectivity index (χ0n) is 18.3. The number of H-pyrrole nitrogens is 1. The lowest BCUT2D eigenvalue weighted by atomic mass is 10.2. The third kappa shape index (κ3) is 4.51. The van der Waals surface area contributed by atoms with Crippen LogP contribution in [0.4, 0.5) is 0 Å². The Labute approximate surface area is 195 Å². The minimum Gasteiger partial charge on any atom is -0.497 e. The molecule has 0 saturated carbocycles. The molecular weight excluding hydrogens is 466 g/mol. The molecular formula is C22H23N3O6S2. The number of oxazole rings is 1. The number of thioether (sulfide) groups is 1. The summed E-state index contributed by atoms with van der Waals surface area (Å²) in [7, 11) is -0.956. The molecule has 0 unspecified atom stereocenters. The molecule has 174 valence electrons. The number of aromatic amines is 1. The molecule has 3 aromatic rings. The third-order valence-corrected chi connectivity index (χ3v) is 8.11. The van der Waals surface area contributed by atoms with E-state index in [1.165, 1.54) is 41.4 Å². The Bertz CT molecular complexity index is 1400. The van der Waals surface area contributed by atoms with Crippen molar-refractivity contribution in [2.24, 2.45) is 4.99 Å². The second-order valence-corrected chi connectivity index (χ2v) is 9.88. The minimum absolute atomic E-state index is 0.0105. The van der Waals surface area contributed by atoms with Crippen molar-refractivity contribution >= 4 is 38.4 Å². The van der Waals surface area contributed by atoms with E-state index in [4.69, 9.17) is 13.9 Å². The molecule has 0 aliphatic carbocycles. The maximum Gasteiger partial charge on any atom is 0.417 e. The molecule has 0 radical (unpaired) electrons. The van der Waals surface area contributed by atoms with E-state index in [9.17, 15) is 13.2 Å². The summed E-state index contributed by atoms with van der Waals surface area (Å²) in [5, 5.41) is 0.598. The van der Waals surface area contributed by atoms with Crippen molar-refractivity contribution in [3.8, 4) is 11.5 Å². The van der Waals surface area contributed by atoms with Crippen LogP contribution in [0.1, 0.15) is 18.9 Å². The zero-order valence-corrected chi connectivity index (χ0v) is 20.0. The second kappa shape index (κ2) is 9.36. The van der Waals surface area contributed by atoms with Crippen molar-refractivity contribution in [2.45, 2.75) is 24.8 Å². The summed E-state index contributed by atoms with van der Waals surface area (Å²) in [5.74, 6) is 0.467. The van der Waals surface area contributed by atoms with Crippen LogP contribution in [0.3, 0.4) is 0 Å². The Morgan fingerprint density at radius 1 is 1.18 bits per heavy atom. The topological polar surface area (TPSA) is 114 Å². The van der Waals surface area contributed by atoms with Crippen LogP contribution >= 0.6 is 11.8 Å². The molecule has 1 N–H and O–H groups in total. The summed E-state index contributed by atoms with van der Waals surface area (Å²) in [5.41, 5.74) is 3.83. The molecule has 0 fully saturated rings. The fourth-order valence-electron chi connectivity index (χ4n) is 3.50. The Balaban J connectivity index is 1.85. The normalized spacial score (nSPS) is 14.0. The number of rotatable bonds is 8. The van der Waals surface area contributed by atoms with Gasteiger partial charge in [-0.05, 0) is 36.3 Å². The Hall–Kier alpha value is -3.18. The summed E-state index contributed by atoms with van der Waals surface area (Å²) < 4.78 is 45.0. The molecule has 1 aromatic heterocycles. The fraction of sp³-hybridized carbons (Fsp3) is 0.273. The van der Waals surface area contributed by atoms with Crippen molar-refractivity contribution in [1.82, 2.24) is 9.29 Å². The SMILES string of the molecule is CCC1=C(N(Cc2ccc(OC)cc2OC)S(=O)(=O)c2ccc3[nH]c(=O)oc3c2)SC=NC1. The van der Waals surface area contributed by atoms with Crippen LogP contribution in [0, 0.1) is 0 Å². The number of hydrogen-bond acceptors (Lipinski definition) is 8. The van der Waals surface area contributed by atoms with Crippen LogP contribution < -0.4 is 15.2 Å². The third-order valence-electron chi connectivity index (χ3n) is 5.27. The highest BCUT2D eigenvalue weighted by atomic mass is 32.2. The molecule has 1 aliphatic heterocycles. The first-order chi connectivity index (χ1) is 15.9. The molecule has 0 amide bonds. The molecule has 1 aliphatic rings. The Morgan fingerprint density at radius 2 is 2.00 bits per heavy atom. The van der Waals surface area contributed by atoms with E-state index < -0.39 is 15.8 Å². The molecule has 0 atom stereocenters. The van der Waals surface area contributed by atoms with E-state index in [1.54, 1.807) is 30.9 Å². The van der Waals surface area contributed by atoms with E-state index in [2.05, 4.69) is 9.98 Å². The zero-order chi connectivity index (χ0) is 23.6. The standard InChI is InChI=1S/C22H23N3O6S2/c1-4-14-11-23-13-32-21(14)25(12-15-5-6-16(29-2)9-19(15)30-3)33(27,28)17-7-8-18-20(10-17)31-22(26)24-18/h5-10,13H,4,11-12H2,1-3H3,(H,24,26). The highest BCUT2D eigenvalue weighted by Crippen LogP contribution is 2.36. The number of fused-ring (bicyclic) bond motifs is 1. The van der Waals surface area contributed by atoms with Gasteiger partial charge >= 0.3 is 5.76 Å². The molecule has 9 nitrogen and oxygen atoms in total. The van der Waals surface area contributed by atoms with Crippen LogP contribution in [-0.2, 0) is 16.6 Å². The first kappa shape index (κ1) is 23.0. The van der Waals surface area contributed by atoms with Crippen molar-refractivity contribution in [2.75, 3.05) is 20.8 Å². The van der Waals surface area contributed by atoms with Crippen molar-refractivity contribution in [3.05, 3.63) is 63.1 Å². The van der Waals surface area contributed by atoms with Crippen molar-refractivity contribution in [3.63, 3.8) is 0 Å². The van der Waals surface area contributed by atoms with E-state index in [0.717, 1.165) is 5.57 Å². The maximum absolute atomic E-state index is 13.9. The molecule has 2 aromatic carbocycles. The predicted molar refractivity (Wildman–Crippen MR) is 127 cm³/mol. The summed E-state index contributed by atoms with van der Waals surface area (Å²) in [6.07, 6.45) is 0.650. The van der Waals surface area contributed by atoms with E-state index >= 15 is 0 Å². The van der Waals surface area contributed by atoms with Gasteiger partial charge in [0.25, 0.3) is 10.0 Å². The fourth-order valence-corrected chi connectivity index (χ4v) is 6.14. The molecule has 2 heterocycles. The lowest BCUT2D eigenvalue weighted by Gasteiger charge is -2.29. The summed E-state index contributed by atoms with van der Waals surface area (Å²) >= 11 is 1.26. The summed E-state index contributed by atoms with van der Waals surface area (Å²) in [6, 6.07) is 9.58. The number of nitrogens with one attached hydrogen (secondary N) is 1. The van der Waals surface area contributed by atoms with Gasteiger partial charge in [-0.3, -0.25) is 14.3 Å². The van der Waals surface area contributed by atoms with Gasteiger partial charge < -0.3 is 13.9 Å². The van der Waals surface area contributed by atoms with Crippen LogP contribution in [-0.4, -0.2) is 44.0 Å². The lowest BCUT2D eigenvalue weighted by Crippen LogP contribution is -2.31. The quantitative estimate of drug-likeness (QED) is 0.513. The van der Waals surface area contributed by atoms with Gasteiger partial charge in [-0.15, -0.1) is 0 Å². The van der Waals surface area contributed by atoms with Crippen LogP contribution in [0.15, 0.2) is 66.1 Å². The number of ether oxygens (including phenoxy) is 2. The lowest BCUT2D eigenvalue weighted by molar-refractivity contribution is 0.386. The van der Waals surface area contributed by atoms with E-state index in [0.29, 0.717) is 40.6 Å². The Morgan fingerprint density at radius 3 is 2.73 bits per heavy atom. The minimum atomic E-state index is -4.03. The van der Waals surface area contributed by atoms with Crippen LogP contribution in [0.2, 0.25) is 0 Å². The average Bonchev–Trinajstić information content (AvgIpc) is 3.21. The van der Waals surface area contributed by atoms with Crippen molar-refractivity contribution < 1.29 is 22.3 Å². The number of aliphatic imine (C=N–C) groups is 1. The molecule has 0 saturated heterocycles. The monoisotopic (exact) mass is 489 g/mol. The number of sulfonamides is 1. The number of methoxy groups -OCH3 is 2. The average molecular weight is 490 g/mol. The molecule has 0 spiro atoms. The van der Waals surface area contributed by atoms with Gasteiger partial charge in [0.05, 0.1) is 48.3 Å². The van der Waals surface area contributed by atoms with Gasteiger partial charge in [0.2, 0.25) is 0 Å². The Kier molecular flexibility index (Phi) is 6.52. The molecule has 4 rings (SSSR count). The summed E-state index contributed by atoms with van der Waals surface area (Å²) in [6.45, 7) is 2.43. The smallest absolute Gasteiger partial charge is 0.417 e. The number of hydrogen-bond donors (Lipinski definition) is 1. The van der Waals surface area contributed by atoms with Gasteiger partial charge in [-0.25, -0.2) is 13.2 Å². The van der Waals surface area contributed by atoms with Gasteiger partial charge in [0.1, 0.15) is 11.5 Å². The molecule has 11 heteroatoms. The first-order valence-electron chi connectivity index (χ1n) is 10.1. The highest BCUT2D eigenvalue weighted by molar-refractivity contribution is 8.15. The summed E-state index contributed by atoms with van der Waals surface area (Å²) in [4.78, 5) is 18.4. The van der Waals surface area contributed by atoms with Gasteiger partial charge in [-0.1, -0.05) is 18.7 Å². The van der Waals surface area contributed by atoms with Crippen LogP contribution in [0.25, 0.3) is 11.1 Å². The van der Waals surface area contributed by atoms with E-state index in [-0.39, 0.29) is 17.0 Å². The highest BCUT2D eigenvalue weighted by Gasteiger charge is 2.31. The van der Waals surface area contributed by atoms with Gasteiger partial charge in [-0.2, -0.15) is 0 Å². The van der Waals surface area contributed by atoms with Crippen LogP contribution in [0.5, 0.6) is 11.5 Å². The van der Waals surface area contributed by atoms with Gasteiger partial charge in [0.15, 0.2) is 5.58 Å². The number of benzene rings is 2.